The Bertz CT molecular complexity index is 914. The highest BCUT2D eigenvalue weighted by molar-refractivity contribution is 5.78. The lowest BCUT2D eigenvalue weighted by Crippen LogP contribution is -2.38. The summed E-state index contributed by atoms with van der Waals surface area (Å²) in [6, 6.07) is 15.8. The Kier molecular flexibility index (Phi) is 5.22. The summed E-state index contributed by atoms with van der Waals surface area (Å²) in [5, 5.41) is 1.22. The van der Waals surface area contributed by atoms with E-state index in [1.807, 2.05) is 12.3 Å². The molecule has 1 fully saturated rings. The van der Waals surface area contributed by atoms with E-state index in [9.17, 15) is 0 Å². The number of hydrogen-bond donors (Lipinski definition) is 0. The zero-order valence-electron chi connectivity index (χ0n) is 16.7. The van der Waals surface area contributed by atoms with Gasteiger partial charge in [0.15, 0.2) is 0 Å². The van der Waals surface area contributed by atoms with Crippen molar-refractivity contribution < 1.29 is 0 Å². The van der Waals surface area contributed by atoms with Crippen LogP contribution in [0.5, 0.6) is 0 Å². The zero-order chi connectivity index (χ0) is 18.8. The maximum atomic E-state index is 4.53. The molecule has 1 aromatic carbocycles. The minimum Gasteiger partial charge on any atom is -0.296 e. The van der Waals surface area contributed by atoms with E-state index in [4.69, 9.17) is 0 Å². The fraction of sp³-hybridized carbons (Fsp3) is 0.417. The number of aromatic nitrogens is 2. The third kappa shape index (κ3) is 4.19. The van der Waals surface area contributed by atoms with E-state index in [1.165, 1.54) is 42.4 Å². The van der Waals surface area contributed by atoms with E-state index in [1.54, 1.807) is 0 Å². The van der Waals surface area contributed by atoms with Crippen LogP contribution in [0.25, 0.3) is 10.9 Å². The van der Waals surface area contributed by atoms with Crippen LogP contribution in [0.2, 0.25) is 0 Å². The van der Waals surface area contributed by atoms with Gasteiger partial charge in [-0.15, -0.1) is 0 Å². The van der Waals surface area contributed by atoms with Crippen LogP contribution in [0.4, 0.5) is 0 Å². The average molecular weight is 360 g/mol. The smallest absolute Gasteiger partial charge is 0.0705 e. The predicted molar refractivity (Wildman–Crippen MR) is 112 cm³/mol. The van der Waals surface area contributed by atoms with E-state index in [2.05, 4.69) is 72.0 Å². The lowest BCUT2D eigenvalue weighted by Gasteiger charge is -2.37. The SMILES string of the molecule is Cc1cc(C[C@H]2CCCN(C(C)c3ccc4cccnc4c3)C2)cc(C)n1. The Morgan fingerprint density at radius 2 is 1.93 bits per heavy atom. The highest BCUT2D eigenvalue weighted by atomic mass is 15.2. The molecule has 2 atom stereocenters. The standard InChI is InChI=1S/C24H29N3/c1-17-12-21(13-18(2)26-17)14-20-6-5-11-27(16-20)19(3)23-9-8-22-7-4-10-25-24(22)15-23/h4,7-10,12-13,15,19-20H,5-6,11,14,16H2,1-3H3/t19?,20-/m1/s1. The van der Waals surface area contributed by atoms with Gasteiger partial charge >= 0.3 is 0 Å². The van der Waals surface area contributed by atoms with Crippen LogP contribution in [-0.4, -0.2) is 28.0 Å². The number of rotatable bonds is 4. The van der Waals surface area contributed by atoms with E-state index in [0.717, 1.165) is 29.2 Å². The third-order valence-electron chi connectivity index (χ3n) is 5.88. The van der Waals surface area contributed by atoms with Crippen molar-refractivity contribution in [2.75, 3.05) is 13.1 Å². The van der Waals surface area contributed by atoms with Gasteiger partial charge in [-0.25, -0.2) is 0 Å². The number of fused-ring (bicyclic) bond motifs is 1. The normalized spacial score (nSPS) is 19.3. The summed E-state index contributed by atoms with van der Waals surface area (Å²) in [6.07, 6.45) is 5.64. The highest BCUT2D eigenvalue weighted by Crippen LogP contribution is 2.29. The Labute approximate surface area is 162 Å². The number of piperidine rings is 1. The van der Waals surface area contributed by atoms with Crippen molar-refractivity contribution in [2.24, 2.45) is 5.92 Å². The van der Waals surface area contributed by atoms with Gasteiger partial charge in [0, 0.05) is 35.6 Å². The van der Waals surface area contributed by atoms with Gasteiger partial charge < -0.3 is 0 Å². The molecule has 27 heavy (non-hydrogen) atoms. The van der Waals surface area contributed by atoms with Gasteiger partial charge in [-0.2, -0.15) is 0 Å². The fourth-order valence-corrected chi connectivity index (χ4v) is 4.54. The third-order valence-corrected chi connectivity index (χ3v) is 5.88. The topological polar surface area (TPSA) is 29.0 Å². The number of hydrogen-bond acceptors (Lipinski definition) is 3. The second-order valence-electron chi connectivity index (χ2n) is 8.10. The number of nitrogens with zero attached hydrogens (tertiary/aromatic N) is 3. The lowest BCUT2D eigenvalue weighted by atomic mass is 9.89. The van der Waals surface area contributed by atoms with Gasteiger partial charge in [0.2, 0.25) is 0 Å². The maximum absolute atomic E-state index is 4.53. The van der Waals surface area contributed by atoms with Gasteiger partial charge in [-0.1, -0.05) is 18.2 Å². The summed E-state index contributed by atoms with van der Waals surface area (Å²) in [6.45, 7) is 8.89. The molecule has 0 saturated carbocycles. The minimum absolute atomic E-state index is 0.431. The molecule has 0 radical (unpaired) electrons. The van der Waals surface area contributed by atoms with Crippen LogP contribution >= 0.6 is 0 Å². The van der Waals surface area contributed by atoms with E-state index in [-0.39, 0.29) is 0 Å². The quantitative estimate of drug-likeness (QED) is 0.636. The molecule has 3 heteroatoms. The van der Waals surface area contributed by atoms with Gasteiger partial charge in [-0.3, -0.25) is 14.9 Å². The van der Waals surface area contributed by atoms with Crippen molar-refractivity contribution in [1.82, 2.24) is 14.9 Å². The summed E-state index contributed by atoms with van der Waals surface area (Å²) >= 11 is 0. The second-order valence-corrected chi connectivity index (χ2v) is 8.10. The van der Waals surface area contributed by atoms with Crippen molar-refractivity contribution in [1.29, 1.82) is 0 Å². The molecule has 0 amide bonds. The van der Waals surface area contributed by atoms with Crippen LogP contribution in [-0.2, 0) is 6.42 Å². The summed E-state index contributed by atoms with van der Waals surface area (Å²) in [5.41, 5.74) is 6.18. The molecule has 140 valence electrons. The fourth-order valence-electron chi connectivity index (χ4n) is 4.54. The molecule has 1 saturated heterocycles. The molecular weight excluding hydrogens is 330 g/mol. The van der Waals surface area contributed by atoms with E-state index >= 15 is 0 Å². The first-order chi connectivity index (χ1) is 13.1. The molecular formula is C24H29N3. The van der Waals surface area contributed by atoms with Gasteiger partial charge in [0.25, 0.3) is 0 Å². The number of aryl methyl sites for hydroxylation is 2. The summed E-state index contributed by atoms with van der Waals surface area (Å²) in [5.74, 6) is 0.723. The van der Waals surface area contributed by atoms with Gasteiger partial charge in [0.1, 0.15) is 0 Å². The molecule has 3 nitrogen and oxygen atoms in total. The average Bonchev–Trinajstić information content (AvgIpc) is 2.66. The Morgan fingerprint density at radius 3 is 2.74 bits per heavy atom. The Balaban J connectivity index is 1.48. The Hall–Kier alpha value is -2.26. The van der Waals surface area contributed by atoms with Crippen molar-refractivity contribution in [3.05, 3.63) is 71.2 Å². The summed E-state index contributed by atoms with van der Waals surface area (Å²) in [4.78, 5) is 11.7. The molecule has 0 spiro atoms. The first kappa shape index (κ1) is 18.1. The molecule has 3 heterocycles. The zero-order valence-corrected chi connectivity index (χ0v) is 16.7. The molecule has 1 unspecified atom stereocenters. The van der Waals surface area contributed by atoms with Crippen molar-refractivity contribution in [3.63, 3.8) is 0 Å². The molecule has 0 bridgehead atoms. The molecule has 1 aliphatic heterocycles. The van der Waals surface area contributed by atoms with Crippen LogP contribution in [0.3, 0.4) is 0 Å². The molecule has 0 N–H and O–H groups in total. The summed E-state index contributed by atoms with van der Waals surface area (Å²) < 4.78 is 0. The largest absolute Gasteiger partial charge is 0.296 e. The van der Waals surface area contributed by atoms with Gasteiger partial charge in [0.05, 0.1) is 5.52 Å². The molecule has 1 aliphatic rings. The first-order valence-corrected chi connectivity index (χ1v) is 10.1. The van der Waals surface area contributed by atoms with Crippen LogP contribution in [0, 0.1) is 19.8 Å². The second kappa shape index (κ2) is 7.77. The van der Waals surface area contributed by atoms with E-state index < -0.39 is 0 Å². The van der Waals surface area contributed by atoms with Crippen molar-refractivity contribution in [3.8, 4) is 0 Å². The molecule has 2 aromatic heterocycles. The van der Waals surface area contributed by atoms with Gasteiger partial charge in [-0.05, 0) is 87.9 Å². The molecule has 3 aromatic rings. The van der Waals surface area contributed by atoms with Crippen molar-refractivity contribution in [2.45, 2.75) is 46.1 Å². The molecule has 0 aliphatic carbocycles. The molecule has 4 rings (SSSR count). The lowest BCUT2D eigenvalue weighted by molar-refractivity contribution is 0.131. The van der Waals surface area contributed by atoms with Crippen LogP contribution in [0.15, 0.2) is 48.7 Å². The monoisotopic (exact) mass is 359 g/mol. The minimum atomic E-state index is 0.431. The highest BCUT2D eigenvalue weighted by Gasteiger charge is 2.25. The van der Waals surface area contributed by atoms with Crippen LogP contribution in [0.1, 0.15) is 48.3 Å². The predicted octanol–water partition coefficient (Wildman–Crippen LogP) is 5.26. The first-order valence-electron chi connectivity index (χ1n) is 10.1. The van der Waals surface area contributed by atoms with E-state index in [0.29, 0.717) is 6.04 Å². The summed E-state index contributed by atoms with van der Waals surface area (Å²) in [7, 11) is 0. The van der Waals surface area contributed by atoms with Crippen molar-refractivity contribution >= 4 is 10.9 Å². The van der Waals surface area contributed by atoms with Crippen LogP contribution < -0.4 is 0 Å². The maximum Gasteiger partial charge on any atom is 0.0705 e. The number of pyridine rings is 2. The Morgan fingerprint density at radius 1 is 1.11 bits per heavy atom. The number of likely N-dealkylation sites (tertiary alicyclic amines) is 1. The number of benzene rings is 1.